The van der Waals surface area contributed by atoms with E-state index < -0.39 is 10.8 Å². The summed E-state index contributed by atoms with van der Waals surface area (Å²) in [4.78, 5) is 11.2. The van der Waals surface area contributed by atoms with Crippen LogP contribution in [0.5, 0.6) is 0 Å². The maximum absolute atomic E-state index is 11.6. The van der Waals surface area contributed by atoms with Crippen LogP contribution in [0, 0.1) is 10.1 Å². The van der Waals surface area contributed by atoms with Gasteiger partial charge in [0.15, 0.2) is 0 Å². The molecule has 0 aromatic carbocycles. The predicted molar refractivity (Wildman–Crippen MR) is 99.5 cm³/mol. The predicted octanol–water partition coefficient (Wildman–Crippen LogP) is 4.85. The molecule has 0 radical (unpaired) electrons. The van der Waals surface area contributed by atoms with Gasteiger partial charge in [0.1, 0.15) is 11.7 Å². The number of nitrogens with two attached hydrogens (primary N) is 1. The second-order valence-electron chi connectivity index (χ2n) is 6.03. The highest BCUT2D eigenvalue weighted by Gasteiger charge is 2.42. The first-order valence-corrected chi connectivity index (χ1v) is 9.84. The monoisotopic (exact) mass is 372 g/mol. The maximum atomic E-state index is 11.6. The van der Waals surface area contributed by atoms with Crippen molar-refractivity contribution >= 4 is 28.7 Å². The smallest absolute Gasteiger partial charge is 0.317 e. The number of allylic oxidation sites excluding steroid dienone is 2. The Morgan fingerprint density at radius 1 is 1.24 bits per heavy atom. The Morgan fingerprint density at radius 2 is 2.04 bits per heavy atom. The zero-order valence-corrected chi connectivity index (χ0v) is 14.9. The quantitative estimate of drug-likeness (QED) is 0.617. The van der Waals surface area contributed by atoms with Gasteiger partial charge < -0.3 is 10.5 Å². The van der Waals surface area contributed by atoms with Gasteiger partial charge in [0, 0.05) is 0 Å². The van der Waals surface area contributed by atoms with Gasteiger partial charge in [0.2, 0.25) is 0 Å². The molecule has 0 saturated heterocycles. The van der Waals surface area contributed by atoms with E-state index in [1.165, 1.54) is 11.3 Å². The van der Waals surface area contributed by atoms with Crippen LogP contribution in [0.25, 0.3) is 6.08 Å². The molecule has 1 aliphatic heterocycles. The molecule has 2 aliphatic rings. The van der Waals surface area contributed by atoms with Crippen molar-refractivity contribution in [2.75, 3.05) is 0 Å². The van der Waals surface area contributed by atoms with Crippen molar-refractivity contribution in [3.05, 3.63) is 83.4 Å². The Labute approximate surface area is 152 Å². The summed E-state index contributed by atoms with van der Waals surface area (Å²) in [7, 11) is 0. The Morgan fingerprint density at radius 3 is 2.72 bits per heavy atom. The number of hydrogen-bond acceptors (Lipinski definition) is 6. The van der Waals surface area contributed by atoms with E-state index in [4.69, 9.17) is 10.5 Å². The number of rotatable bonds is 3. The molecule has 0 unspecified atom stereocenters. The van der Waals surface area contributed by atoms with Crippen LogP contribution in [0.4, 0.5) is 0 Å². The molecular weight excluding hydrogens is 356 g/mol. The summed E-state index contributed by atoms with van der Waals surface area (Å²) >= 11 is 3.17. The van der Waals surface area contributed by atoms with E-state index in [-0.39, 0.29) is 11.6 Å². The summed E-state index contributed by atoms with van der Waals surface area (Å²) in [5.74, 6) is 0.186. The molecule has 1 atom stereocenters. The van der Waals surface area contributed by atoms with Gasteiger partial charge in [-0.1, -0.05) is 0 Å². The largest absolute Gasteiger partial charge is 0.435 e. The molecule has 5 nitrogen and oxygen atoms in total. The molecular formula is C18H16N2O3S2. The third-order valence-electron chi connectivity index (χ3n) is 4.52. The van der Waals surface area contributed by atoms with Gasteiger partial charge in [-0.05, 0) is 81.3 Å². The van der Waals surface area contributed by atoms with Crippen molar-refractivity contribution in [1.29, 1.82) is 0 Å². The van der Waals surface area contributed by atoms with Crippen LogP contribution in [0.15, 0.2) is 62.1 Å². The molecule has 3 heterocycles. The fraction of sp³-hybridized carbons (Fsp3) is 0.222. The number of nitro groups is 1. The molecule has 2 aromatic heterocycles. The van der Waals surface area contributed by atoms with Crippen molar-refractivity contribution in [1.82, 2.24) is 0 Å². The van der Waals surface area contributed by atoms with Crippen molar-refractivity contribution in [2.24, 2.45) is 5.73 Å². The Bertz CT molecular complexity index is 893. The molecule has 128 valence electrons. The maximum Gasteiger partial charge on any atom is 0.317 e. The second kappa shape index (κ2) is 6.50. The molecule has 0 spiro atoms. The van der Waals surface area contributed by atoms with Gasteiger partial charge >= 0.3 is 5.70 Å². The van der Waals surface area contributed by atoms with Gasteiger partial charge in [-0.15, -0.1) is 0 Å². The lowest BCUT2D eigenvalue weighted by atomic mass is 9.79. The van der Waals surface area contributed by atoms with Crippen LogP contribution in [-0.2, 0) is 4.74 Å². The highest BCUT2D eigenvalue weighted by atomic mass is 32.1. The van der Waals surface area contributed by atoms with Crippen molar-refractivity contribution in [2.45, 2.75) is 25.2 Å². The first-order valence-electron chi connectivity index (χ1n) is 7.95. The zero-order valence-electron chi connectivity index (χ0n) is 13.3. The molecule has 1 aliphatic carbocycles. The minimum atomic E-state index is -0.434. The van der Waals surface area contributed by atoms with Gasteiger partial charge in [0.25, 0.3) is 5.88 Å². The minimum Gasteiger partial charge on any atom is -0.435 e. The molecule has 4 rings (SSSR count). The first kappa shape index (κ1) is 16.1. The first-order chi connectivity index (χ1) is 12.1. The third kappa shape index (κ3) is 2.89. The van der Waals surface area contributed by atoms with Crippen LogP contribution in [0.1, 0.15) is 36.3 Å². The van der Waals surface area contributed by atoms with Crippen LogP contribution >= 0.6 is 22.7 Å². The molecule has 2 aromatic rings. The second-order valence-corrected chi connectivity index (χ2v) is 7.59. The minimum absolute atomic E-state index is 0.0473. The molecule has 25 heavy (non-hydrogen) atoms. The summed E-state index contributed by atoms with van der Waals surface area (Å²) < 4.78 is 5.79. The van der Waals surface area contributed by atoms with Crippen molar-refractivity contribution < 1.29 is 9.66 Å². The number of ether oxygens (including phenoxy) is 1. The lowest BCUT2D eigenvalue weighted by molar-refractivity contribution is -0.433. The standard InChI is InChI=1S/C18H16N2O3S2/c19-18-16(20(21)22)15(13-5-7-25-10-13)14-3-1-2-12(17(14)23-18)8-11-4-6-24-9-11/h4-10,15H,1-3,19H2/b12-8+/t15-/m0/s1. The highest BCUT2D eigenvalue weighted by Crippen LogP contribution is 2.47. The molecule has 0 bridgehead atoms. The van der Waals surface area contributed by atoms with Crippen molar-refractivity contribution in [3.8, 4) is 0 Å². The van der Waals surface area contributed by atoms with Crippen molar-refractivity contribution in [3.63, 3.8) is 0 Å². The molecule has 0 amide bonds. The van der Waals surface area contributed by atoms with E-state index in [9.17, 15) is 10.1 Å². The average molecular weight is 372 g/mol. The van der Waals surface area contributed by atoms with Gasteiger partial charge in [-0.2, -0.15) is 22.7 Å². The van der Waals surface area contributed by atoms with Gasteiger partial charge in [0.05, 0.1) is 4.92 Å². The number of hydrogen-bond donors (Lipinski definition) is 1. The Hall–Kier alpha value is -2.38. The summed E-state index contributed by atoms with van der Waals surface area (Å²) in [6.07, 6.45) is 4.71. The molecule has 0 saturated carbocycles. The lowest BCUT2D eigenvalue weighted by Gasteiger charge is -2.31. The molecule has 0 fully saturated rings. The summed E-state index contributed by atoms with van der Waals surface area (Å²) in [5, 5.41) is 19.6. The molecule has 2 N–H and O–H groups in total. The van der Waals surface area contributed by atoms with E-state index in [2.05, 4.69) is 11.5 Å². The fourth-order valence-corrected chi connectivity index (χ4v) is 4.77. The van der Waals surface area contributed by atoms with Crippen LogP contribution in [-0.4, -0.2) is 4.92 Å². The summed E-state index contributed by atoms with van der Waals surface area (Å²) in [6, 6.07) is 3.98. The van der Waals surface area contributed by atoms with E-state index in [1.54, 1.807) is 11.3 Å². The van der Waals surface area contributed by atoms with Gasteiger partial charge in [-0.3, -0.25) is 10.1 Å². The molecule has 7 heteroatoms. The number of nitrogens with zero attached hydrogens (tertiary/aromatic N) is 1. The van der Waals surface area contributed by atoms with Crippen LogP contribution in [0.3, 0.4) is 0 Å². The normalized spacial score (nSPS) is 22.1. The van der Waals surface area contributed by atoms with E-state index in [1.807, 2.05) is 28.3 Å². The van der Waals surface area contributed by atoms with E-state index >= 15 is 0 Å². The van der Waals surface area contributed by atoms with Gasteiger partial charge in [-0.25, -0.2) is 0 Å². The van der Waals surface area contributed by atoms with E-state index in [0.717, 1.165) is 47.3 Å². The number of thiophene rings is 2. The zero-order chi connectivity index (χ0) is 17.4. The third-order valence-corrected chi connectivity index (χ3v) is 5.92. The highest BCUT2D eigenvalue weighted by molar-refractivity contribution is 7.08. The average Bonchev–Trinajstić information content (AvgIpc) is 3.27. The van der Waals surface area contributed by atoms with Crippen LogP contribution < -0.4 is 5.73 Å². The summed E-state index contributed by atoms with van der Waals surface area (Å²) in [6.45, 7) is 0. The lowest BCUT2D eigenvalue weighted by Crippen LogP contribution is -2.27. The Kier molecular flexibility index (Phi) is 4.19. The topological polar surface area (TPSA) is 78.4 Å². The van der Waals surface area contributed by atoms with E-state index in [0.29, 0.717) is 0 Å². The van der Waals surface area contributed by atoms with Crippen LogP contribution in [0.2, 0.25) is 0 Å². The Balaban J connectivity index is 1.85. The summed E-state index contributed by atoms with van der Waals surface area (Å²) in [5.41, 5.74) is 9.98. The fourth-order valence-electron chi connectivity index (χ4n) is 3.47. The SMILES string of the molecule is NC1=C([N+](=O)[O-])[C@@H](c2ccsc2)C2=C(O1)/C(=C/c1ccsc1)CCC2.